The molecule has 0 unspecified atom stereocenters. The number of carbonyl (C=O) groups is 1. The number of aliphatic hydroxyl groups excluding tert-OH is 3. The van der Waals surface area contributed by atoms with Gasteiger partial charge in [-0.2, -0.15) is 0 Å². The summed E-state index contributed by atoms with van der Waals surface area (Å²) in [5.74, 6) is 1.81. The van der Waals surface area contributed by atoms with Crippen molar-refractivity contribution in [3.05, 3.63) is 35.5 Å². The number of fused-ring (bicyclic) bond motifs is 1. The average molecular weight is 499 g/mol. The van der Waals surface area contributed by atoms with E-state index in [-0.39, 0.29) is 11.2 Å². The van der Waals surface area contributed by atoms with Crippen LogP contribution >= 0.6 is 0 Å². The number of ketones is 1. The molecular formula is C32H50O4. The highest BCUT2D eigenvalue weighted by Crippen LogP contribution is 2.59. The van der Waals surface area contributed by atoms with E-state index in [1.54, 1.807) is 5.57 Å². The van der Waals surface area contributed by atoms with Crippen molar-refractivity contribution in [1.82, 2.24) is 0 Å². The van der Waals surface area contributed by atoms with E-state index in [9.17, 15) is 20.1 Å². The van der Waals surface area contributed by atoms with Gasteiger partial charge in [-0.25, -0.2) is 0 Å². The van der Waals surface area contributed by atoms with Crippen molar-refractivity contribution in [2.24, 2.45) is 28.6 Å². The van der Waals surface area contributed by atoms with Gasteiger partial charge in [-0.05, 0) is 93.8 Å². The second kappa shape index (κ2) is 11.7. The standard InChI is InChI=1S/C32H50O4/c1-4-5-6-9-29(35)32(17-18-32)30(36)15-10-22(2)27-13-14-28-24(8-7-16-31(27,28)3)12-11-23-19-25(33)21-26(34)20-23/h10-12,15,22,25-28,30,33-34,36H,4-9,13-14,16-21H2,1-3H3/t22-,25-,26-,27-,28+,30-,31-/m1/s1. The first-order valence-corrected chi connectivity index (χ1v) is 14.8. The fourth-order valence-electron chi connectivity index (χ4n) is 7.93. The van der Waals surface area contributed by atoms with E-state index in [0.717, 1.165) is 38.5 Å². The van der Waals surface area contributed by atoms with Crippen molar-refractivity contribution in [1.29, 1.82) is 0 Å². The summed E-state index contributed by atoms with van der Waals surface area (Å²) in [6.45, 7) is 6.93. The fraction of sp³-hybridized carbons (Fsp3) is 0.781. The molecule has 0 spiro atoms. The highest BCUT2D eigenvalue weighted by molar-refractivity contribution is 5.88. The number of hydrogen-bond donors (Lipinski definition) is 3. The van der Waals surface area contributed by atoms with E-state index < -0.39 is 23.7 Å². The zero-order valence-electron chi connectivity index (χ0n) is 22.9. The first-order valence-electron chi connectivity index (χ1n) is 14.8. The summed E-state index contributed by atoms with van der Waals surface area (Å²) in [7, 11) is 0. The van der Waals surface area contributed by atoms with Gasteiger partial charge in [-0.1, -0.05) is 69.1 Å². The van der Waals surface area contributed by atoms with Gasteiger partial charge in [0.25, 0.3) is 0 Å². The second-order valence-corrected chi connectivity index (χ2v) is 12.8. The Morgan fingerprint density at radius 3 is 2.44 bits per heavy atom. The molecule has 4 aliphatic rings. The van der Waals surface area contributed by atoms with Crippen molar-refractivity contribution in [3.8, 4) is 0 Å². The van der Waals surface area contributed by atoms with Gasteiger partial charge in [0.15, 0.2) is 0 Å². The molecule has 36 heavy (non-hydrogen) atoms. The van der Waals surface area contributed by atoms with Crippen LogP contribution < -0.4 is 0 Å². The van der Waals surface area contributed by atoms with Gasteiger partial charge in [0.05, 0.1) is 23.7 Å². The Morgan fingerprint density at radius 2 is 1.78 bits per heavy atom. The second-order valence-electron chi connectivity index (χ2n) is 12.8. The van der Waals surface area contributed by atoms with E-state index in [4.69, 9.17) is 0 Å². The van der Waals surface area contributed by atoms with Crippen molar-refractivity contribution >= 4 is 5.78 Å². The van der Waals surface area contributed by atoms with E-state index >= 15 is 0 Å². The third-order valence-electron chi connectivity index (χ3n) is 10.3. The first kappa shape index (κ1) is 27.8. The lowest BCUT2D eigenvalue weighted by Gasteiger charge is -2.44. The Labute approximate surface area is 219 Å². The van der Waals surface area contributed by atoms with Crippen molar-refractivity contribution < 1.29 is 20.1 Å². The molecule has 0 amide bonds. The molecule has 4 fully saturated rings. The molecule has 0 aliphatic heterocycles. The predicted octanol–water partition coefficient (Wildman–Crippen LogP) is 6.44. The highest BCUT2D eigenvalue weighted by atomic mass is 16.3. The Balaban J connectivity index is 1.40. The lowest BCUT2D eigenvalue weighted by atomic mass is 9.61. The average Bonchev–Trinajstić information content (AvgIpc) is 3.57. The number of Topliss-reactive ketones (excluding diaryl/α,β-unsaturated/α-hetero) is 1. The molecule has 7 atom stereocenters. The van der Waals surface area contributed by atoms with Crippen molar-refractivity contribution in [3.63, 3.8) is 0 Å². The van der Waals surface area contributed by atoms with Gasteiger partial charge >= 0.3 is 0 Å². The maximum Gasteiger partial charge on any atom is 0.141 e. The lowest BCUT2D eigenvalue weighted by molar-refractivity contribution is -0.127. The third kappa shape index (κ3) is 5.92. The molecule has 202 valence electrons. The molecule has 4 rings (SSSR count). The summed E-state index contributed by atoms with van der Waals surface area (Å²) in [4.78, 5) is 12.8. The molecule has 0 heterocycles. The molecule has 0 saturated heterocycles. The molecule has 4 aliphatic carbocycles. The van der Waals surface area contributed by atoms with Crippen LogP contribution in [0.4, 0.5) is 0 Å². The lowest BCUT2D eigenvalue weighted by Crippen LogP contribution is -2.35. The largest absolute Gasteiger partial charge is 0.393 e. The Morgan fingerprint density at radius 1 is 1.06 bits per heavy atom. The normalized spacial score (nSPS) is 36.6. The molecule has 0 aromatic heterocycles. The number of unbranched alkanes of at least 4 members (excludes halogenated alkanes) is 2. The fourth-order valence-corrected chi connectivity index (χ4v) is 7.93. The van der Waals surface area contributed by atoms with Crippen LogP contribution in [0.2, 0.25) is 0 Å². The van der Waals surface area contributed by atoms with E-state index in [1.165, 1.54) is 31.3 Å². The van der Waals surface area contributed by atoms with E-state index in [0.29, 0.717) is 43.4 Å². The van der Waals surface area contributed by atoms with Gasteiger partial charge in [-0.3, -0.25) is 4.79 Å². The summed E-state index contributed by atoms with van der Waals surface area (Å²) < 4.78 is 0. The van der Waals surface area contributed by atoms with Crippen LogP contribution in [0.5, 0.6) is 0 Å². The molecule has 4 nitrogen and oxygen atoms in total. The summed E-state index contributed by atoms with van der Waals surface area (Å²) in [5.41, 5.74) is 2.47. The predicted molar refractivity (Wildman–Crippen MR) is 145 cm³/mol. The van der Waals surface area contributed by atoms with Gasteiger partial charge in [0, 0.05) is 6.42 Å². The smallest absolute Gasteiger partial charge is 0.141 e. The molecule has 4 heteroatoms. The number of allylic oxidation sites excluding steroid dienone is 4. The number of aliphatic hydroxyl groups is 3. The monoisotopic (exact) mass is 498 g/mol. The molecule has 4 saturated carbocycles. The summed E-state index contributed by atoms with van der Waals surface area (Å²) in [5, 5.41) is 31.0. The van der Waals surface area contributed by atoms with Crippen LogP contribution in [0.3, 0.4) is 0 Å². The maximum atomic E-state index is 12.8. The number of rotatable bonds is 10. The molecular weight excluding hydrogens is 448 g/mol. The summed E-state index contributed by atoms with van der Waals surface area (Å²) in [6, 6.07) is 0. The van der Waals surface area contributed by atoms with Crippen molar-refractivity contribution in [2.45, 2.75) is 129 Å². The first-order chi connectivity index (χ1) is 17.2. The maximum absolute atomic E-state index is 12.8. The third-order valence-corrected chi connectivity index (χ3v) is 10.3. The minimum atomic E-state index is -0.645. The van der Waals surface area contributed by atoms with Crippen LogP contribution in [0.25, 0.3) is 0 Å². The number of hydrogen-bond acceptors (Lipinski definition) is 4. The van der Waals surface area contributed by atoms with E-state index in [2.05, 4.69) is 39.0 Å². The van der Waals surface area contributed by atoms with Crippen LogP contribution in [0.15, 0.2) is 35.5 Å². The Hall–Kier alpha value is -1.23. The highest BCUT2D eigenvalue weighted by Gasteiger charge is 2.54. The van der Waals surface area contributed by atoms with Gasteiger partial charge in [-0.15, -0.1) is 0 Å². The molecule has 3 N–H and O–H groups in total. The molecule has 0 radical (unpaired) electrons. The Kier molecular flexibility index (Phi) is 9.00. The zero-order chi connectivity index (χ0) is 25.9. The van der Waals surface area contributed by atoms with E-state index in [1.807, 2.05) is 6.08 Å². The summed E-state index contributed by atoms with van der Waals surface area (Å²) >= 11 is 0. The minimum absolute atomic E-state index is 0.260. The van der Waals surface area contributed by atoms with Crippen molar-refractivity contribution in [2.75, 3.05) is 0 Å². The number of carbonyl (C=O) groups excluding carboxylic acids is 1. The molecule has 0 bridgehead atoms. The molecule has 0 aromatic rings. The minimum Gasteiger partial charge on any atom is -0.393 e. The van der Waals surface area contributed by atoms with Crippen LogP contribution in [-0.2, 0) is 4.79 Å². The SMILES string of the molecule is CCCCCC(=O)C1([C@H](O)C=C[C@@H](C)[C@H]2CC[C@H]3C(=CC=C4C[C@@H](O)C[C@H](O)C4)CCC[C@]23C)CC1. The quantitative estimate of drug-likeness (QED) is 0.239. The van der Waals surface area contributed by atoms with Gasteiger partial charge < -0.3 is 15.3 Å². The van der Waals surface area contributed by atoms with Crippen LogP contribution in [0.1, 0.15) is 111 Å². The Bertz CT molecular complexity index is 853. The summed E-state index contributed by atoms with van der Waals surface area (Å²) in [6.07, 6.45) is 20.5. The van der Waals surface area contributed by atoms with Gasteiger partial charge in [0.1, 0.15) is 5.78 Å². The van der Waals surface area contributed by atoms with Gasteiger partial charge in [0.2, 0.25) is 0 Å². The molecule has 0 aromatic carbocycles. The van der Waals surface area contributed by atoms with Crippen LogP contribution in [-0.4, -0.2) is 39.4 Å². The zero-order valence-corrected chi connectivity index (χ0v) is 22.9. The van der Waals surface area contributed by atoms with Crippen LogP contribution in [0, 0.1) is 28.6 Å². The topological polar surface area (TPSA) is 77.8 Å².